The number of hydrogen-bond acceptors (Lipinski definition) is 6. The highest BCUT2D eigenvalue weighted by Crippen LogP contribution is 2.36. The maximum Gasteiger partial charge on any atom is 0.346 e. The van der Waals surface area contributed by atoms with Crippen LogP contribution >= 0.6 is 11.3 Å². The fraction of sp³-hybridized carbons (Fsp3) is 0.174. The molecule has 0 saturated heterocycles. The smallest absolute Gasteiger partial charge is 0.346 e. The summed E-state index contributed by atoms with van der Waals surface area (Å²) in [7, 11) is 1.54. The van der Waals surface area contributed by atoms with E-state index in [1.54, 1.807) is 20.1 Å². The Bertz CT molecular complexity index is 1240. The van der Waals surface area contributed by atoms with Crippen molar-refractivity contribution in [1.82, 2.24) is 0 Å². The predicted octanol–water partition coefficient (Wildman–Crippen LogP) is 4.46. The number of methoxy groups -OCH3 is 1. The van der Waals surface area contributed by atoms with Gasteiger partial charge in [0.2, 0.25) is 5.91 Å². The Morgan fingerprint density at radius 2 is 1.97 bits per heavy atom. The van der Waals surface area contributed by atoms with Crippen LogP contribution in [0.25, 0.3) is 0 Å². The first-order valence-electron chi connectivity index (χ1n) is 9.61. The van der Waals surface area contributed by atoms with Gasteiger partial charge < -0.3 is 14.6 Å². The molecule has 0 aliphatic carbocycles. The molecule has 2 amide bonds. The Morgan fingerprint density at radius 1 is 1.22 bits per heavy atom. The molecule has 4 rings (SSSR count). The molecule has 164 valence electrons. The SMILES string of the molecule is COc1ccccc1C(C)Oc1ccc(F)c(N2C(=O)Cc3csc(C(=O)O)c3C2=O)c1. The quantitative estimate of drug-likeness (QED) is 0.552. The summed E-state index contributed by atoms with van der Waals surface area (Å²) in [5.74, 6) is -2.75. The molecule has 1 aliphatic rings. The van der Waals surface area contributed by atoms with Gasteiger partial charge in [-0.2, -0.15) is 0 Å². The Kier molecular flexibility index (Phi) is 5.67. The molecule has 3 aromatic rings. The van der Waals surface area contributed by atoms with Crippen LogP contribution < -0.4 is 14.4 Å². The van der Waals surface area contributed by atoms with Gasteiger partial charge in [0.05, 0.1) is 24.8 Å². The lowest BCUT2D eigenvalue weighted by atomic mass is 10.0. The van der Waals surface area contributed by atoms with E-state index in [9.17, 15) is 23.9 Å². The van der Waals surface area contributed by atoms with Crippen LogP contribution in [0.5, 0.6) is 11.5 Å². The second-order valence-electron chi connectivity index (χ2n) is 7.10. The lowest BCUT2D eigenvalue weighted by Crippen LogP contribution is -2.43. The molecule has 2 aromatic carbocycles. The average molecular weight is 455 g/mol. The summed E-state index contributed by atoms with van der Waals surface area (Å²) in [4.78, 5) is 37.7. The maximum atomic E-state index is 14.7. The molecule has 0 bridgehead atoms. The summed E-state index contributed by atoms with van der Waals surface area (Å²) in [6.45, 7) is 1.79. The van der Waals surface area contributed by atoms with Crippen LogP contribution in [0.3, 0.4) is 0 Å². The minimum absolute atomic E-state index is 0.0878. The van der Waals surface area contributed by atoms with Gasteiger partial charge in [0, 0.05) is 11.6 Å². The van der Waals surface area contributed by atoms with Crippen LogP contribution in [0.2, 0.25) is 0 Å². The maximum absolute atomic E-state index is 14.7. The normalized spacial score (nSPS) is 14.2. The molecule has 0 saturated carbocycles. The summed E-state index contributed by atoms with van der Waals surface area (Å²) in [5.41, 5.74) is 0.712. The van der Waals surface area contributed by atoms with E-state index in [1.165, 1.54) is 17.5 Å². The number of carboxylic acid groups (broad SMARTS) is 1. The summed E-state index contributed by atoms with van der Waals surface area (Å²) < 4.78 is 26.0. The molecule has 1 atom stereocenters. The number of fused-ring (bicyclic) bond motifs is 1. The first kappa shape index (κ1) is 21.5. The molecule has 32 heavy (non-hydrogen) atoms. The number of rotatable bonds is 6. The van der Waals surface area contributed by atoms with Crippen molar-refractivity contribution in [2.45, 2.75) is 19.4 Å². The Labute approximate surface area is 186 Å². The molecule has 9 heteroatoms. The first-order valence-corrected chi connectivity index (χ1v) is 10.5. The van der Waals surface area contributed by atoms with Crippen LogP contribution in [-0.2, 0) is 11.2 Å². The van der Waals surface area contributed by atoms with Crippen LogP contribution in [0.1, 0.15) is 44.2 Å². The summed E-state index contributed by atoms with van der Waals surface area (Å²) in [5, 5.41) is 10.8. The van der Waals surface area contributed by atoms with Crippen molar-refractivity contribution in [3.8, 4) is 11.5 Å². The van der Waals surface area contributed by atoms with Gasteiger partial charge in [0.25, 0.3) is 5.91 Å². The van der Waals surface area contributed by atoms with E-state index in [2.05, 4.69) is 0 Å². The fourth-order valence-electron chi connectivity index (χ4n) is 3.63. The molecule has 7 nitrogen and oxygen atoms in total. The second-order valence-corrected chi connectivity index (χ2v) is 7.98. The topological polar surface area (TPSA) is 93.1 Å². The van der Waals surface area contributed by atoms with Crippen molar-refractivity contribution in [2.75, 3.05) is 12.0 Å². The number of carbonyl (C=O) groups is 3. The minimum Gasteiger partial charge on any atom is -0.496 e. The summed E-state index contributed by atoms with van der Waals surface area (Å²) in [6.07, 6.45) is -0.674. The molecule has 0 radical (unpaired) electrons. The van der Waals surface area contributed by atoms with E-state index >= 15 is 0 Å². The largest absolute Gasteiger partial charge is 0.496 e. The number of para-hydroxylation sites is 1. The van der Waals surface area contributed by atoms with Crippen molar-refractivity contribution in [3.63, 3.8) is 0 Å². The van der Waals surface area contributed by atoms with E-state index in [4.69, 9.17) is 9.47 Å². The van der Waals surface area contributed by atoms with E-state index in [0.29, 0.717) is 16.2 Å². The van der Waals surface area contributed by atoms with Crippen molar-refractivity contribution in [1.29, 1.82) is 0 Å². The van der Waals surface area contributed by atoms with Gasteiger partial charge in [0.1, 0.15) is 28.3 Å². The van der Waals surface area contributed by atoms with Gasteiger partial charge in [-0.25, -0.2) is 14.1 Å². The number of nitrogens with zero attached hydrogens (tertiary/aromatic N) is 1. The number of benzene rings is 2. The Hall–Kier alpha value is -3.72. The number of thiophene rings is 1. The third-order valence-electron chi connectivity index (χ3n) is 5.12. The Morgan fingerprint density at radius 3 is 2.69 bits per heavy atom. The van der Waals surface area contributed by atoms with Gasteiger partial charge in [0.15, 0.2) is 0 Å². The third-order valence-corrected chi connectivity index (χ3v) is 6.13. The van der Waals surface area contributed by atoms with Crippen LogP contribution in [0.4, 0.5) is 10.1 Å². The molecule has 2 heterocycles. The lowest BCUT2D eigenvalue weighted by Gasteiger charge is -2.26. The zero-order valence-corrected chi connectivity index (χ0v) is 17.9. The lowest BCUT2D eigenvalue weighted by molar-refractivity contribution is -0.117. The van der Waals surface area contributed by atoms with Crippen molar-refractivity contribution in [3.05, 3.63) is 75.2 Å². The molecular weight excluding hydrogens is 437 g/mol. The number of halogens is 1. The molecule has 0 fully saturated rings. The first-order chi connectivity index (χ1) is 15.3. The van der Waals surface area contributed by atoms with E-state index in [-0.39, 0.29) is 28.3 Å². The highest BCUT2D eigenvalue weighted by Gasteiger charge is 2.38. The number of hydrogen-bond donors (Lipinski definition) is 1. The number of amides is 2. The van der Waals surface area contributed by atoms with E-state index in [0.717, 1.165) is 23.0 Å². The molecular formula is C23H18FNO6S. The second kappa shape index (κ2) is 8.43. The molecule has 1 unspecified atom stereocenters. The zero-order chi connectivity index (χ0) is 23.0. The number of imide groups is 1. The fourth-order valence-corrected chi connectivity index (χ4v) is 4.53. The standard InChI is InChI=1S/C23H18FNO6S/c1-12(15-5-3-4-6-18(15)30-2)31-14-7-8-16(24)17(10-14)25-19(26)9-13-11-32-21(23(28)29)20(13)22(25)27/h3-8,10-12H,9H2,1-2H3,(H,28,29). The van der Waals surface area contributed by atoms with Gasteiger partial charge in [-0.15, -0.1) is 11.3 Å². The number of carbonyl (C=O) groups excluding carboxylic acids is 2. The number of aromatic carboxylic acids is 1. The highest BCUT2D eigenvalue weighted by molar-refractivity contribution is 7.12. The van der Waals surface area contributed by atoms with Crippen LogP contribution in [0, 0.1) is 5.82 Å². The van der Waals surface area contributed by atoms with Gasteiger partial charge in [-0.05, 0) is 36.1 Å². The third kappa shape index (κ3) is 3.71. The predicted molar refractivity (Wildman–Crippen MR) is 115 cm³/mol. The van der Waals surface area contributed by atoms with E-state index < -0.39 is 29.7 Å². The van der Waals surface area contributed by atoms with Crippen LogP contribution in [0.15, 0.2) is 47.8 Å². The van der Waals surface area contributed by atoms with E-state index in [1.807, 2.05) is 18.2 Å². The van der Waals surface area contributed by atoms with Gasteiger partial charge >= 0.3 is 5.97 Å². The van der Waals surface area contributed by atoms with Gasteiger partial charge in [-0.3, -0.25) is 9.59 Å². The summed E-state index contributed by atoms with van der Waals surface area (Å²) in [6, 6.07) is 11.0. The van der Waals surface area contributed by atoms with Gasteiger partial charge in [-0.1, -0.05) is 18.2 Å². The number of anilines is 1. The summed E-state index contributed by atoms with van der Waals surface area (Å²) >= 11 is 0.864. The number of carboxylic acids is 1. The highest BCUT2D eigenvalue weighted by atomic mass is 32.1. The van der Waals surface area contributed by atoms with Crippen molar-refractivity contribution >= 4 is 34.8 Å². The number of ether oxygens (including phenoxy) is 2. The molecule has 0 spiro atoms. The van der Waals surface area contributed by atoms with Crippen molar-refractivity contribution in [2.24, 2.45) is 0 Å². The minimum atomic E-state index is -1.28. The Balaban J connectivity index is 1.68. The average Bonchev–Trinajstić information content (AvgIpc) is 3.20. The molecule has 1 aliphatic heterocycles. The van der Waals surface area contributed by atoms with Crippen LogP contribution in [-0.4, -0.2) is 30.0 Å². The van der Waals surface area contributed by atoms with Crippen molar-refractivity contribution < 1.29 is 33.4 Å². The molecule has 1 aromatic heterocycles. The molecule has 1 N–H and O–H groups in total. The zero-order valence-electron chi connectivity index (χ0n) is 17.1. The monoisotopic (exact) mass is 455 g/mol.